The maximum absolute atomic E-state index is 12.5. The molecule has 1 aliphatic rings. The van der Waals surface area contributed by atoms with Gasteiger partial charge in [-0.3, -0.25) is 4.79 Å². The number of esters is 1. The van der Waals surface area contributed by atoms with Crippen LogP contribution in [0.5, 0.6) is 0 Å². The molecule has 1 fully saturated rings. The second-order valence-corrected chi connectivity index (χ2v) is 5.28. The van der Waals surface area contributed by atoms with E-state index in [0.29, 0.717) is 12.8 Å². The lowest BCUT2D eigenvalue weighted by Crippen LogP contribution is -2.40. The molecular formula is C13H20F3NO3. The molecule has 1 amide bonds. The highest BCUT2D eigenvalue weighted by molar-refractivity contribution is 5.84. The highest BCUT2D eigenvalue weighted by Gasteiger charge is 2.41. The van der Waals surface area contributed by atoms with Crippen molar-refractivity contribution in [1.29, 1.82) is 0 Å². The number of amides is 1. The largest absolute Gasteiger partial charge is 0.467 e. The Morgan fingerprint density at radius 3 is 2.25 bits per heavy atom. The van der Waals surface area contributed by atoms with E-state index in [1.54, 1.807) is 0 Å². The molecule has 0 bridgehead atoms. The lowest BCUT2D eigenvalue weighted by atomic mass is 9.80. The molecule has 0 unspecified atom stereocenters. The minimum atomic E-state index is -4.13. The van der Waals surface area contributed by atoms with E-state index < -0.39 is 24.1 Å². The van der Waals surface area contributed by atoms with Crippen molar-refractivity contribution >= 4 is 11.9 Å². The number of ether oxygens (including phenoxy) is 1. The first-order valence-corrected chi connectivity index (χ1v) is 6.68. The molecule has 116 valence electrons. The fourth-order valence-corrected chi connectivity index (χ4v) is 2.49. The van der Waals surface area contributed by atoms with E-state index in [1.807, 2.05) is 0 Å². The van der Waals surface area contributed by atoms with Crippen molar-refractivity contribution in [1.82, 2.24) is 5.32 Å². The average Bonchev–Trinajstić information content (AvgIpc) is 2.37. The molecular weight excluding hydrogens is 275 g/mol. The monoisotopic (exact) mass is 295 g/mol. The van der Waals surface area contributed by atoms with Gasteiger partial charge in [-0.25, -0.2) is 4.79 Å². The van der Waals surface area contributed by atoms with Crippen LogP contribution in [-0.4, -0.2) is 31.2 Å². The fraction of sp³-hybridized carbons (Fsp3) is 0.846. The minimum Gasteiger partial charge on any atom is -0.467 e. The Hall–Kier alpha value is -1.27. The van der Waals surface area contributed by atoms with Crippen molar-refractivity contribution in [2.45, 2.75) is 51.2 Å². The number of hydrogen-bond acceptors (Lipinski definition) is 3. The highest BCUT2D eigenvalue weighted by Crippen LogP contribution is 2.40. The van der Waals surface area contributed by atoms with Gasteiger partial charge in [-0.1, -0.05) is 0 Å². The molecule has 20 heavy (non-hydrogen) atoms. The van der Waals surface area contributed by atoms with Crippen molar-refractivity contribution in [3.8, 4) is 0 Å². The van der Waals surface area contributed by atoms with Gasteiger partial charge in [0.15, 0.2) is 0 Å². The van der Waals surface area contributed by atoms with Crippen molar-refractivity contribution in [3.63, 3.8) is 0 Å². The quantitative estimate of drug-likeness (QED) is 0.810. The van der Waals surface area contributed by atoms with Crippen LogP contribution in [0, 0.1) is 11.8 Å². The first-order valence-electron chi connectivity index (χ1n) is 6.68. The van der Waals surface area contributed by atoms with E-state index in [1.165, 1.54) is 14.0 Å². The number of carbonyl (C=O) groups is 2. The van der Waals surface area contributed by atoms with E-state index in [2.05, 4.69) is 10.1 Å². The van der Waals surface area contributed by atoms with Gasteiger partial charge in [-0.15, -0.1) is 0 Å². The van der Waals surface area contributed by atoms with Crippen molar-refractivity contribution in [2.75, 3.05) is 7.11 Å². The Morgan fingerprint density at radius 1 is 1.25 bits per heavy atom. The standard InChI is InChI=1S/C13H20F3NO3/c1-8(12(19)20-2)17-11(18)7-9-3-5-10(6-4-9)13(14,15)16/h8-10H,3-7H2,1-2H3,(H,17,18)/t8-,9?,10?/m0/s1. The van der Waals surface area contributed by atoms with Gasteiger partial charge in [0.1, 0.15) is 6.04 Å². The summed E-state index contributed by atoms with van der Waals surface area (Å²) >= 11 is 0. The third-order valence-corrected chi connectivity index (χ3v) is 3.72. The summed E-state index contributed by atoms with van der Waals surface area (Å²) in [6.07, 6.45) is -3.03. The molecule has 0 aliphatic heterocycles. The third-order valence-electron chi connectivity index (χ3n) is 3.72. The molecule has 0 heterocycles. The van der Waals surface area contributed by atoms with Crippen LogP contribution in [0.15, 0.2) is 0 Å². The topological polar surface area (TPSA) is 55.4 Å². The summed E-state index contributed by atoms with van der Waals surface area (Å²) in [6.45, 7) is 1.50. The Kier molecular flexibility index (Phi) is 5.83. The molecule has 0 aromatic heterocycles. The fourth-order valence-electron chi connectivity index (χ4n) is 2.49. The molecule has 1 saturated carbocycles. The number of halogens is 3. The van der Waals surface area contributed by atoms with Crippen molar-refractivity contribution in [3.05, 3.63) is 0 Å². The van der Waals surface area contributed by atoms with Gasteiger partial charge >= 0.3 is 12.1 Å². The molecule has 0 aromatic rings. The molecule has 1 rings (SSSR count). The molecule has 7 heteroatoms. The van der Waals surface area contributed by atoms with Crippen LogP contribution < -0.4 is 5.32 Å². The zero-order chi connectivity index (χ0) is 15.3. The van der Waals surface area contributed by atoms with E-state index in [-0.39, 0.29) is 31.1 Å². The van der Waals surface area contributed by atoms with Crippen LogP contribution in [-0.2, 0) is 14.3 Å². The summed E-state index contributed by atoms with van der Waals surface area (Å²) in [5.41, 5.74) is 0. The van der Waals surface area contributed by atoms with E-state index in [0.717, 1.165) is 0 Å². The van der Waals surface area contributed by atoms with Gasteiger partial charge in [0, 0.05) is 6.42 Å². The Bertz CT molecular complexity index is 349. The van der Waals surface area contributed by atoms with Gasteiger partial charge < -0.3 is 10.1 Å². The summed E-state index contributed by atoms with van der Waals surface area (Å²) in [5.74, 6) is -2.15. The van der Waals surface area contributed by atoms with Crippen LogP contribution in [0.4, 0.5) is 13.2 Å². The molecule has 0 saturated heterocycles. The zero-order valence-corrected chi connectivity index (χ0v) is 11.6. The summed E-state index contributed by atoms with van der Waals surface area (Å²) in [5, 5.41) is 2.48. The first kappa shape index (κ1) is 16.8. The number of methoxy groups -OCH3 is 1. The predicted octanol–water partition coefficient (Wildman–Crippen LogP) is 2.42. The Morgan fingerprint density at radius 2 is 1.80 bits per heavy atom. The Labute approximate surface area is 116 Å². The molecule has 1 aliphatic carbocycles. The summed E-state index contributed by atoms with van der Waals surface area (Å²) in [7, 11) is 1.23. The summed E-state index contributed by atoms with van der Waals surface area (Å²) in [6, 6.07) is -0.737. The van der Waals surface area contributed by atoms with Gasteiger partial charge in [0.25, 0.3) is 0 Å². The SMILES string of the molecule is COC(=O)[C@H](C)NC(=O)CC1CCC(C(F)(F)F)CC1. The molecule has 4 nitrogen and oxygen atoms in total. The highest BCUT2D eigenvalue weighted by atomic mass is 19.4. The second kappa shape index (κ2) is 6.95. The summed E-state index contributed by atoms with van der Waals surface area (Å²) in [4.78, 5) is 22.8. The van der Waals surface area contributed by atoms with E-state index in [9.17, 15) is 22.8 Å². The predicted molar refractivity (Wildman–Crippen MR) is 65.7 cm³/mol. The third kappa shape index (κ3) is 5.02. The minimum absolute atomic E-state index is 0.0431. The number of nitrogens with one attached hydrogen (secondary N) is 1. The lowest BCUT2D eigenvalue weighted by molar-refractivity contribution is -0.184. The van der Waals surface area contributed by atoms with Crippen LogP contribution in [0.3, 0.4) is 0 Å². The second-order valence-electron chi connectivity index (χ2n) is 5.28. The Balaban J connectivity index is 2.33. The molecule has 1 atom stereocenters. The van der Waals surface area contributed by atoms with Crippen molar-refractivity contribution < 1.29 is 27.5 Å². The number of rotatable bonds is 4. The van der Waals surface area contributed by atoms with E-state index in [4.69, 9.17) is 0 Å². The first-order chi connectivity index (χ1) is 9.24. The van der Waals surface area contributed by atoms with E-state index >= 15 is 0 Å². The molecule has 0 radical (unpaired) electrons. The van der Waals surface area contributed by atoms with Crippen LogP contribution in [0.1, 0.15) is 39.0 Å². The number of hydrogen-bond donors (Lipinski definition) is 1. The van der Waals surface area contributed by atoms with Gasteiger partial charge in [0.05, 0.1) is 13.0 Å². The van der Waals surface area contributed by atoms with Crippen LogP contribution >= 0.6 is 0 Å². The maximum Gasteiger partial charge on any atom is 0.391 e. The number of alkyl halides is 3. The number of carbonyl (C=O) groups excluding carboxylic acids is 2. The van der Waals surface area contributed by atoms with Gasteiger partial charge in [-0.2, -0.15) is 13.2 Å². The lowest BCUT2D eigenvalue weighted by Gasteiger charge is -2.29. The zero-order valence-electron chi connectivity index (χ0n) is 11.6. The average molecular weight is 295 g/mol. The van der Waals surface area contributed by atoms with Crippen LogP contribution in [0.2, 0.25) is 0 Å². The molecule has 1 N–H and O–H groups in total. The maximum atomic E-state index is 12.5. The smallest absolute Gasteiger partial charge is 0.391 e. The normalized spacial score (nSPS) is 24.9. The van der Waals surface area contributed by atoms with Gasteiger partial charge in [0.2, 0.25) is 5.91 Å². The molecule has 0 aromatic carbocycles. The summed E-state index contributed by atoms with van der Waals surface area (Å²) < 4.78 is 42.0. The van der Waals surface area contributed by atoms with Gasteiger partial charge in [-0.05, 0) is 38.5 Å². The van der Waals surface area contributed by atoms with Crippen LogP contribution in [0.25, 0.3) is 0 Å². The molecule has 0 spiro atoms. The van der Waals surface area contributed by atoms with Crippen molar-refractivity contribution in [2.24, 2.45) is 11.8 Å².